The molecule has 3 N–H and O–H groups in total. The normalized spacial score (nSPS) is 22.9. The summed E-state index contributed by atoms with van der Waals surface area (Å²) >= 11 is 0. The topological polar surface area (TPSA) is 38.0 Å². The number of halogens is 2. The van der Waals surface area contributed by atoms with Crippen LogP contribution in [0.2, 0.25) is 0 Å². The molecule has 0 spiro atoms. The van der Waals surface area contributed by atoms with Crippen molar-refractivity contribution >= 4 is 0 Å². The zero-order chi connectivity index (χ0) is 12.9. The van der Waals surface area contributed by atoms with Crippen LogP contribution in [0.5, 0.6) is 0 Å². The lowest BCUT2D eigenvalue weighted by Crippen LogP contribution is -2.43. The Bertz CT molecular complexity index is 209. The molecule has 1 rings (SSSR count). The summed E-state index contributed by atoms with van der Waals surface area (Å²) in [7, 11) is 0. The van der Waals surface area contributed by atoms with Crippen LogP contribution in [0.3, 0.4) is 0 Å². The second-order valence-corrected chi connectivity index (χ2v) is 5.79. The minimum Gasteiger partial charge on any atom is -0.271 e. The molecule has 0 aromatic rings. The number of hydrogen-bond donors (Lipinski definition) is 2. The molecule has 1 aliphatic rings. The van der Waals surface area contributed by atoms with Gasteiger partial charge in [-0.3, -0.25) is 11.3 Å². The molecule has 0 bridgehead atoms. The molecule has 102 valence electrons. The Kier molecular flexibility index (Phi) is 5.80. The molecule has 0 heterocycles. The van der Waals surface area contributed by atoms with E-state index in [1.807, 2.05) is 0 Å². The average molecular weight is 248 g/mol. The Morgan fingerprint density at radius 1 is 1.24 bits per heavy atom. The van der Waals surface area contributed by atoms with E-state index in [-0.39, 0.29) is 18.9 Å². The Hall–Kier alpha value is -0.220. The van der Waals surface area contributed by atoms with Crippen molar-refractivity contribution in [3.63, 3.8) is 0 Å². The largest absolute Gasteiger partial charge is 0.271 e. The molecule has 0 aromatic heterocycles. The molecule has 4 heteroatoms. The van der Waals surface area contributed by atoms with Crippen LogP contribution in [-0.2, 0) is 0 Å². The van der Waals surface area contributed by atoms with Crippen LogP contribution >= 0.6 is 0 Å². The van der Waals surface area contributed by atoms with Gasteiger partial charge in [0.05, 0.1) is 0 Å². The average Bonchev–Trinajstić information content (AvgIpc) is 2.25. The van der Waals surface area contributed by atoms with Crippen LogP contribution in [0.1, 0.15) is 58.8 Å². The van der Waals surface area contributed by atoms with Crippen molar-refractivity contribution in [3.8, 4) is 0 Å². The van der Waals surface area contributed by atoms with E-state index in [9.17, 15) is 8.78 Å². The first kappa shape index (κ1) is 14.8. The van der Waals surface area contributed by atoms with Crippen LogP contribution in [0.4, 0.5) is 8.78 Å². The number of nitrogens with one attached hydrogen (secondary N) is 1. The van der Waals surface area contributed by atoms with Crippen molar-refractivity contribution in [2.45, 2.75) is 70.8 Å². The van der Waals surface area contributed by atoms with Gasteiger partial charge in [-0.1, -0.05) is 26.7 Å². The Balaban J connectivity index is 2.31. The van der Waals surface area contributed by atoms with Gasteiger partial charge in [0.25, 0.3) is 0 Å². The van der Waals surface area contributed by atoms with Gasteiger partial charge in [0.2, 0.25) is 5.92 Å². The Morgan fingerprint density at radius 2 is 1.82 bits per heavy atom. The number of alkyl halides is 2. The maximum atomic E-state index is 13.1. The standard InChI is InChI=1S/C13H26F2N2/c1-10(2)4-3-5-12(17-16)11-6-8-13(14,15)9-7-11/h10-12,17H,3-9,16H2,1-2H3. The van der Waals surface area contributed by atoms with Crippen LogP contribution in [-0.4, -0.2) is 12.0 Å². The third-order valence-corrected chi connectivity index (χ3v) is 3.84. The van der Waals surface area contributed by atoms with Gasteiger partial charge in [-0.2, -0.15) is 0 Å². The molecular weight excluding hydrogens is 222 g/mol. The van der Waals surface area contributed by atoms with Gasteiger partial charge in [-0.05, 0) is 31.1 Å². The quantitative estimate of drug-likeness (QED) is 0.558. The van der Waals surface area contributed by atoms with E-state index in [2.05, 4.69) is 19.3 Å². The van der Waals surface area contributed by atoms with Gasteiger partial charge in [-0.25, -0.2) is 8.78 Å². The van der Waals surface area contributed by atoms with E-state index in [1.54, 1.807) is 0 Å². The zero-order valence-electron chi connectivity index (χ0n) is 11.0. The number of nitrogens with two attached hydrogens (primary N) is 1. The third kappa shape index (κ3) is 5.30. The van der Waals surface area contributed by atoms with E-state index in [0.29, 0.717) is 24.7 Å². The summed E-state index contributed by atoms with van der Waals surface area (Å²) in [5.74, 6) is 4.14. The third-order valence-electron chi connectivity index (χ3n) is 3.84. The highest BCUT2D eigenvalue weighted by Gasteiger charge is 2.37. The van der Waals surface area contributed by atoms with Crippen molar-refractivity contribution in [2.24, 2.45) is 17.7 Å². The van der Waals surface area contributed by atoms with E-state index in [0.717, 1.165) is 12.8 Å². The van der Waals surface area contributed by atoms with Gasteiger partial charge >= 0.3 is 0 Å². The molecule has 1 fully saturated rings. The minimum atomic E-state index is -2.44. The predicted octanol–water partition coefficient (Wildman–Crippen LogP) is 3.47. The van der Waals surface area contributed by atoms with Crippen molar-refractivity contribution < 1.29 is 8.78 Å². The van der Waals surface area contributed by atoms with E-state index in [4.69, 9.17) is 5.84 Å². The van der Waals surface area contributed by atoms with Crippen LogP contribution in [0, 0.1) is 11.8 Å². The van der Waals surface area contributed by atoms with Gasteiger partial charge in [0.15, 0.2) is 0 Å². The summed E-state index contributed by atoms with van der Waals surface area (Å²) < 4.78 is 26.1. The molecule has 0 saturated heterocycles. The lowest BCUT2D eigenvalue weighted by molar-refractivity contribution is -0.0499. The summed E-state index contributed by atoms with van der Waals surface area (Å²) in [5, 5.41) is 0. The molecule has 0 aliphatic heterocycles. The molecule has 0 radical (unpaired) electrons. The van der Waals surface area contributed by atoms with E-state index < -0.39 is 5.92 Å². The monoisotopic (exact) mass is 248 g/mol. The molecular formula is C13H26F2N2. The molecule has 0 aromatic carbocycles. The van der Waals surface area contributed by atoms with Crippen molar-refractivity contribution in [1.29, 1.82) is 0 Å². The fourth-order valence-electron chi connectivity index (χ4n) is 2.67. The van der Waals surface area contributed by atoms with Crippen molar-refractivity contribution in [2.75, 3.05) is 0 Å². The first-order valence-corrected chi connectivity index (χ1v) is 6.78. The molecule has 0 amide bonds. The second kappa shape index (κ2) is 6.64. The van der Waals surface area contributed by atoms with Crippen LogP contribution in [0.25, 0.3) is 0 Å². The Labute approximate surface area is 103 Å². The minimum absolute atomic E-state index is 0.0278. The highest BCUT2D eigenvalue weighted by Crippen LogP contribution is 2.38. The summed E-state index contributed by atoms with van der Waals surface area (Å²) in [4.78, 5) is 0. The molecule has 1 unspecified atom stereocenters. The van der Waals surface area contributed by atoms with Crippen LogP contribution < -0.4 is 11.3 Å². The Morgan fingerprint density at radius 3 is 2.29 bits per heavy atom. The van der Waals surface area contributed by atoms with Gasteiger partial charge in [-0.15, -0.1) is 0 Å². The summed E-state index contributed by atoms with van der Waals surface area (Å²) in [5.41, 5.74) is 2.83. The maximum absolute atomic E-state index is 13.1. The van der Waals surface area contributed by atoms with Gasteiger partial charge < -0.3 is 0 Å². The smallest absolute Gasteiger partial charge is 0.248 e. The number of rotatable bonds is 6. The molecule has 1 atom stereocenters. The maximum Gasteiger partial charge on any atom is 0.248 e. The highest BCUT2D eigenvalue weighted by atomic mass is 19.3. The predicted molar refractivity (Wildman–Crippen MR) is 66.7 cm³/mol. The van der Waals surface area contributed by atoms with E-state index >= 15 is 0 Å². The summed E-state index contributed by atoms with van der Waals surface area (Å²) in [6.45, 7) is 4.40. The molecule has 1 aliphatic carbocycles. The second-order valence-electron chi connectivity index (χ2n) is 5.79. The summed E-state index contributed by atoms with van der Waals surface area (Å²) in [6.07, 6.45) is 4.57. The highest BCUT2D eigenvalue weighted by molar-refractivity contribution is 4.84. The van der Waals surface area contributed by atoms with Crippen molar-refractivity contribution in [3.05, 3.63) is 0 Å². The van der Waals surface area contributed by atoms with E-state index in [1.165, 1.54) is 6.42 Å². The molecule has 17 heavy (non-hydrogen) atoms. The first-order chi connectivity index (χ1) is 7.94. The van der Waals surface area contributed by atoms with Gasteiger partial charge in [0, 0.05) is 18.9 Å². The fourth-order valence-corrected chi connectivity index (χ4v) is 2.67. The SMILES string of the molecule is CC(C)CCCC(NN)C1CCC(F)(F)CC1. The fraction of sp³-hybridized carbons (Fsp3) is 1.00. The number of hydrogen-bond acceptors (Lipinski definition) is 2. The molecule has 2 nitrogen and oxygen atoms in total. The van der Waals surface area contributed by atoms with Gasteiger partial charge in [0.1, 0.15) is 0 Å². The van der Waals surface area contributed by atoms with Crippen LogP contribution in [0.15, 0.2) is 0 Å². The summed E-state index contributed by atoms with van der Waals surface area (Å²) in [6, 6.07) is 0.213. The van der Waals surface area contributed by atoms with Crippen molar-refractivity contribution in [1.82, 2.24) is 5.43 Å². The first-order valence-electron chi connectivity index (χ1n) is 6.78. The zero-order valence-corrected chi connectivity index (χ0v) is 11.0. The number of hydrazine groups is 1. The lowest BCUT2D eigenvalue weighted by Gasteiger charge is -2.33. The molecule has 1 saturated carbocycles. The lowest BCUT2D eigenvalue weighted by atomic mass is 9.80.